The van der Waals surface area contributed by atoms with Gasteiger partial charge in [0.05, 0.1) is 5.25 Å². The lowest BCUT2D eigenvalue weighted by Crippen LogP contribution is -2.46. The first-order chi connectivity index (χ1) is 7.99. The summed E-state index contributed by atoms with van der Waals surface area (Å²) in [6.07, 6.45) is 3.00. The van der Waals surface area contributed by atoms with Gasteiger partial charge in [0.25, 0.3) is 0 Å². The van der Waals surface area contributed by atoms with Gasteiger partial charge < -0.3 is 10.6 Å². The van der Waals surface area contributed by atoms with Crippen LogP contribution in [0.2, 0.25) is 0 Å². The normalized spacial score (nSPS) is 21.6. The van der Waals surface area contributed by atoms with E-state index in [1.54, 1.807) is 0 Å². The molecule has 1 saturated heterocycles. The van der Waals surface area contributed by atoms with Crippen LogP contribution in [0.15, 0.2) is 0 Å². The van der Waals surface area contributed by atoms with Gasteiger partial charge in [0.15, 0.2) is 0 Å². The standard InChI is InChI=1S/C11H25N3O2S/c1-3-11(8-12)17(15,16)13-10(2)9-14-6-4-5-7-14/h10-11,13H,3-9,12H2,1-2H3. The van der Waals surface area contributed by atoms with Gasteiger partial charge in [-0.15, -0.1) is 0 Å². The second-order valence-corrected chi connectivity index (χ2v) is 6.83. The van der Waals surface area contributed by atoms with Crippen molar-refractivity contribution in [3.63, 3.8) is 0 Å². The highest BCUT2D eigenvalue weighted by Crippen LogP contribution is 2.09. The van der Waals surface area contributed by atoms with Crippen LogP contribution in [0.4, 0.5) is 0 Å². The van der Waals surface area contributed by atoms with E-state index in [9.17, 15) is 8.42 Å². The lowest BCUT2D eigenvalue weighted by atomic mass is 10.3. The molecule has 0 saturated carbocycles. The maximum absolute atomic E-state index is 12.0. The van der Waals surface area contributed by atoms with Crippen LogP contribution in [-0.4, -0.2) is 50.8 Å². The Morgan fingerprint density at radius 1 is 1.35 bits per heavy atom. The van der Waals surface area contributed by atoms with Crippen LogP contribution in [0.25, 0.3) is 0 Å². The Kier molecular flexibility index (Phi) is 5.85. The maximum atomic E-state index is 12.0. The molecular formula is C11H25N3O2S. The lowest BCUT2D eigenvalue weighted by Gasteiger charge is -2.23. The van der Waals surface area contributed by atoms with E-state index in [0.717, 1.165) is 19.6 Å². The molecule has 102 valence electrons. The van der Waals surface area contributed by atoms with E-state index in [0.29, 0.717) is 6.42 Å². The third-order valence-corrected chi connectivity index (χ3v) is 5.39. The van der Waals surface area contributed by atoms with Gasteiger partial charge in [0.1, 0.15) is 0 Å². The third-order valence-electron chi connectivity index (χ3n) is 3.25. The van der Waals surface area contributed by atoms with Crippen molar-refractivity contribution in [1.82, 2.24) is 9.62 Å². The molecule has 1 heterocycles. The van der Waals surface area contributed by atoms with Gasteiger partial charge in [-0.3, -0.25) is 0 Å². The smallest absolute Gasteiger partial charge is 0.216 e. The highest BCUT2D eigenvalue weighted by atomic mass is 32.2. The summed E-state index contributed by atoms with van der Waals surface area (Å²) in [4.78, 5) is 2.30. The molecule has 0 radical (unpaired) electrons. The van der Waals surface area contributed by atoms with Crippen molar-refractivity contribution in [2.24, 2.45) is 5.73 Å². The van der Waals surface area contributed by atoms with Crippen molar-refractivity contribution >= 4 is 10.0 Å². The molecule has 1 rings (SSSR count). The minimum atomic E-state index is -3.27. The minimum Gasteiger partial charge on any atom is -0.329 e. The molecule has 0 aromatic carbocycles. The Morgan fingerprint density at radius 3 is 2.41 bits per heavy atom. The monoisotopic (exact) mass is 263 g/mol. The van der Waals surface area contributed by atoms with Crippen molar-refractivity contribution in [1.29, 1.82) is 0 Å². The number of hydrogen-bond acceptors (Lipinski definition) is 4. The van der Waals surface area contributed by atoms with Crippen molar-refractivity contribution in [3.05, 3.63) is 0 Å². The van der Waals surface area contributed by atoms with E-state index in [2.05, 4.69) is 9.62 Å². The molecule has 1 fully saturated rings. The first kappa shape index (κ1) is 14.9. The average molecular weight is 263 g/mol. The Bertz CT molecular complexity index is 309. The number of likely N-dealkylation sites (tertiary alicyclic amines) is 1. The van der Waals surface area contributed by atoms with E-state index in [1.807, 2.05) is 13.8 Å². The van der Waals surface area contributed by atoms with Crippen molar-refractivity contribution < 1.29 is 8.42 Å². The zero-order valence-corrected chi connectivity index (χ0v) is 11.7. The third kappa shape index (κ3) is 4.54. The van der Waals surface area contributed by atoms with E-state index in [-0.39, 0.29) is 12.6 Å². The fourth-order valence-electron chi connectivity index (χ4n) is 2.28. The summed E-state index contributed by atoms with van der Waals surface area (Å²) in [6, 6.07) is -0.0429. The van der Waals surface area contributed by atoms with Gasteiger partial charge in [-0.2, -0.15) is 0 Å². The summed E-state index contributed by atoms with van der Waals surface area (Å²) in [5.41, 5.74) is 5.48. The molecule has 5 nitrogen and oxygen atoms in total. The van der Waals surface area contributed by atoms with Crippen molar-refractivity contribution in [2.75, 3.05) is 26.2 Å². The number of nitrogens with one attached hydrogen (secondary N) is 1. The molecule has 2 unspecified atom stereocenters. The molecular weight excluding hydrogens is 238 g/mol. The van der Waals surface area contributed by atoms with Crippen molar-refractivity contribution in [3.8, 4) is 0 Å². The molecule has 6 heteroatoms. The van der Waals surface area contributed by atoms with Crippen LogP contribution >= 0.6 is 0 Å². The molecule has 0 aromatic rings. The Balaban J connectivity index is 2.45. The maximum Gasteiger partial charge on any atom is 0.216 e. The van der Waals surface area contributed by atoms with Gasteiger partial charge in [-0.1, -0.05) is 6.92 Å². The molecule has 1 aliphatic rings. The van der Waals surface area contributed by atoms with Crippen LogP contribution in [0, 0.1) is 0 Å². The molecule has 0 bridgehead atoms. The van der Waals surface area contributed by atoms with Gasteiger partial charge in [-0.05, 0) is 39.3 Å². The summed E-state index contributed by atoms with van der Waals surface area (Å²) in [5.74, 6) is 0. The predicted molar refractivity (Wildman–Crippen MR) is 70.3 cm³/mol. The largest absolute Gasteiger partial charge is 0.329 e. The number of nitrogens with two attached hydrogens (primary N) is 1. The van der Waals surface area contributed by atoms with E-state index in [1.165, 1.54) is 12.8 Å². The minimum absolute atomic E-state index is 0.0429. The van der Waals surface area contributed by atoms with Crippen molar-refractivity contribution in [2.45, 2.75) is 44.4 Å². The molecule has 1 aliphatic heterocycles. The zero-order valence-electron chi connectivity index (χ0n) is 10.9. The second kappa shape index (κ2) is 6.68. The first-order valence-corrected chi connectivity index (χ1v) is 7.97. The van der Waals surface area contributed by atoms with E-state index in [4.69, 9.17) is 5.73 Å². The van der Waals surface area contributed by atoms with Gasteiger partial charge in [0, 0.05) is 19.1 Å². The fourth-order valence-corrected chi connectivity index (χ4v) is 3.80. The lowest BCUT2D eigenvalue weighted by molar-refractivity contribution is 0.312. The van der Waals surface area contributed by atoms with Crippen LogP contribution < -0.4 is 10.5 Å². The van der Waals surface area contributed by atoms with E-state index < -0.39 is 15.3 Å². The molecule has 17 heavy (non-hydrogen) atoms. The zero-order chi connectivity index (χ0) is 12.9. The Morgan fingerprint density at radius 2 is 1.94 bits per heavy atom. The molecule has 0 amide bonds. The summed E-state index contributed by atoms with van der Waals surface area (Å²) in [6.45, 7) is 6.91. The predicted octanol–water partition coefficient (Wildman–Crippen LogP) is 0.127. The SMILES string of the molecule is CCC(CN)S(=O)(=O)NC(C)CN1CCCC1. The van der Waals surface area contributed by atoms with Crippen LogP contribution in [0.1, 0.15) is 33.1 Å². The summed E-state index contributed by atoms with van der Waals surface area (Å²) in [7, 11) is -3.27. The molecule has 0 spiro atoms. The molecule has 0 aromatic heterocycles. The highest BCUT2D eigenvalue weighted by molar-refractivity contribution is 7.90. The number of sulfonamides is 1. The fraction of sp³-hybridized carbons (Fsp3) is 1.00. The van der Waals surface area contributed by atoms with Crippen LogP contribution in [0.5, 0.6) is 0 Å². The second-order valence-electron chi connectivity index (χ2n) is 4.84. The number of rotatable bonds is 7. The number of nitrogens with zero attached hydrogens (tertiary/aromatic N) is 1. The summed E-state index contributed by atoms with van der Waals surface area (Å²) in [5, 5.41) is -0.469. The van der Waals surface area contributed by atoms with E-state index >= 15 is 0 Å². The van der Waals surface area contributed by atoms with Gasteiger partial charge >= 0.3 is 0 Å². The van der Waals surface area contributed by atoms with Crippen LogP contribution in [0.3, 0.4) is 0 Å². The number of hydrogen-bond donors (Lipinski definition) is 2. The summed E-state index contributed by atoms with van der Waals surface area (Å²) >= 11 is 0. The molecule has 3 N–H and O–H groups in total. The molecule has 0 aliphatic carbocycles. The van der Waals surface area contributed by atoms with Gasteiger partial charge in [0.2, 0.25) is 10.0 Å². The quantitative estimate of drug-likeness (QED) is 0.684. The Labute approximate surface area is 105 Å². The van der Waals surface area contributed by atoms with Gasteiger partial charge in [-0.25, -0.2) is 13.1 Å². The Hall–Kier alpha value is -0.170. The van der Waals surface area contributed by atoms with Crippen LogP contribution in [-0.2, 0) is 10.0 Å². The first-order valence-electron chi connectivity index (χ1n) is 6.43. The average Bonchev–Trinajstić information content (AvgIpc) is 2.70. The summed E-state index contributed by atoms with van der Waals surface area (Å²) < 4.78 is 26.7. The highest BCUT2D eigenvalue weighted by Gasteiger charge is 2.25. The topological polar surface area (TPSA) is 75.4 Å². The molecule has 2 atom stereocenters.